The highest BCUT2D eigenvalue weighted by atomic mass is 16.7. The monoisotopic (exact) mass is 264 g/mol. The molecule has 0 bridgehead atoms. The number of hydrogen-bond donors (Lipinski definition) is 2. The van der Waals surface area contributed by atoms with Crippen LogP contribution < -0.4 is 20.1 Å². The standard InChI is InChI=1S/C14H20N2O3/c1-10(2)6-16-13(17)8-15-7-11-4-3-5-12-14(11)19-9-18-12/h3-5,10,15H,6-9H2,1-2H3,(H,16,17). The topological polar surface area (TPSA) is 59.6 Å². The summed E-state index contributed by atoms with van der Waals surface area (Å²) < 4.78 is 10.7. The molecule has 1 heterocycles. The first-order valence-corrected chi connectivity index (χ1v) is 6.51. The van der Waals surface area contributed by atoms with Gasteiger partial charge in [0.05, 0.1) is 6.54 Å². The van der Waals surface area contributed by atoms with Gasteiger partial charge in [0.25, 0.3) is 0 Å². The summed E-state index contributed by atoms with van der Waals surface area (Å²) in [6.45, 7) is 5.99. The molecule has 0 radical (unpaired) electrons. The lowest BCUT2D eigenvalue weighted by Gasteiger charge is -2.09. The Morgan fingerprint density at radius 2 is 2.21 bits per heavy atom. The van der Waals surface area contributed by atoms with E-state index < -0.39 is 0 Å². The summed E-state index contributed by atoms with van der Waals surface area (Å²) in [6.07, 6.45) is 0. The molecule has 0 fully saturated rings. The number of benzene rings is 1. The van der Waals surface area contributed by atoms with Crippen LogP contribution in [0.3, 0.4) is 0 Å². The van der Waals surface area contributed by atoms with Crippen molar-refractivity contribution in [3.63, 3.8) is 0 Å². The first kappa shape index (κ1) is 13.7. The smallest absolute Gasteiger partial charge is 0.233 e. The maximum absolute atomic E-state index is 11.5. The van der Waals surface area contributed by atoms with E-state index in [1.807, 2.05) is 18.2 Å². The van der Waals surface area contributed by atoms with Gasteiger partial charge < -0.3 is 20.1 Å². The van der Waals surface area contributed by atoms with Crippen LogP contribution in [0.4, 0.5) is 0 Å². The van der Waals surface area contributed by atoms with Crippen LogP contribution in [-0.2, 0) is 11.3 Å². The molecule has 5 heteroatoms. The highest BCUT2D eigenvalue weighted by Gasteiger charge is 2.16. The molecule has 104 valence electrons. The van der Waals surface area contributed by atoms with Gasteiger partial charge >= 0.3 is 0 Å². The normalized spacial score (nSPS) is 12.8. The molecule has 1 aliphatic rings. The maximum Gasteiger partial charge on any atom is 0.233 e. The van der Waals surface area contributed by atoms with Gasteiger partial charge in [0, 0.05) is 18.7 Å². The highest BCUT2D eigenvalue weighted by molar-refractivity contribution is 5.77. The van der Waals surface area contributed by atoms with Gasteiger partial charge in [-0.3, -0.25) is 4.79 Å². The van der Waals surface area contributed by atoms with Crippen LogP contribution in [0.5, 0.6) is 11.5 Å². The molecule has 19 heavy (non-hydrogen) atoms. The lowest BCUT2D eigenvalue weighted by Crippen LogP contribution is -2.35. The number of hydrogen-bond acceptors (Lipinski definition) is 4. The Morgan fingerprint density at radius 1 is 1.37 bits per heavy atom. The van der Waals surface area contributed by atoms with Crippen molar-refractivity contribution in [3.05, 3.63) is 23.8 Å². The third-order valence-corrected chi connectivity index (χ3v) is 2.79. The number of fused-ring (bicyclic) bond motifs is 1. The van der Waals surface area contributed by atoms with Crippen LogP contribution in [0.25, 0.3) is 0 Å². The van der Waals surface area contributed by atoms with Gasteiger partial charge in [-0.2, -0.15) is 0 Å². The molecule has 0 unspecified atom stereocenters. The van der Waals surface area contributed by atoms with Crippen LogP contribution in [-0.4, -0.2) is 25.8 Å². The minimum Gasteiger partial charge on any atom is -0.454 e. The van der Waals surface area contributed by atoms with Crippen LogP contribution in [0, 0.1) is 5.92 Å². The quantitative estimate of drug-likeness (QED) is 0.812. The lowest BCUT2D eigenvalue weighted by molar-refractivity contribution is -0.120. The molecule has 0 saturated carbocycles. The molecule has 2 rings (SSSR count). The first-order valence-electron chi connectivity index (χ1n) is 6.51. The van der Waals surface area contributed by atoms with E-state index >= 15 is 0 Å². The van der Waals surface area contributed by atoms with Crippen molar-refractivity contribution >= 4 is 5.91 Å². The average molecular weight is 264 g/mol. The fraction of sp³-hybridized carbons (Fsp3) is 0.500. The highest BCUT2D eigenvalue weighted by Crippen LogP contribution is 2.35. The summed E-state index contributed by atoms with van der Waals surface area (Å²) in [5, 5.41) is 5.97. The number of amides is 1. The van der Waals surface area contributed by atoms with Crippen LogP contribution >= 0.6 is 0 Å². The zero-order chi connectivity index (χ0) is 13.7. The Morgan fingerprint density at radius 3 is 3.00 bits per heavy atom. The van der Waals surface area contributed by atoms with E-state index in [1.54, 1.807) is 0 Å². The summed E-state index contributed by atoms with van der Waals surface area (Å²) in [7, 11) is 0. The van der Waals surface area contributed by atoms with Crippen molar-refractivity contribution in [2.75, 3.05) is 19.9 Å². The van der Waals surface area contributed by atoms with Gasteiger partial charge in [-0.15, -0.1) is 0 Å². The van der Waals surface area contributed by atoms with E-state index in [2.05, 4.69) is 24.5 Å². The predicted octanol–water partition coefficient (Wildman–Crippen LogP) is 1.28. The molecule has 1 amide bonds. The largest absolute Gasteiger partial charge is 0.454 e. The third-order valence-electron chi connectivity index (χ3n) is 2.79. The molecule has 1 aromatic rings. The fourth-order valence-electron chi connectivity index (χ4n) is 1.82. The molecule has 5 nitrogen and oxygen atoms in total. The van der Waals surface area contributed by atoms with Gasteiger partial charge in [0.15, 0.2) is 11.5 Å². The predicted molar refractivity (Wildman–Crippen MR) is 72.1 cm³/mol. The van der Waals surface area contributed by atoms with Gasteiger partial charge in [-0.25, -0.2) is 0 Å². The zero-order valence-corrected chi connectivity index (χ0v) is 11.4. The van der Waals surface area contributed by atoms with E-state index in [-0.39, 0.29) is 12.7 Å². The van der Waals surface area contributed by atoms with Gasteiger partial charge in [-0.05, 0) is 12.0 Å². The Hall–Kier alpha value is -1.75. The van der Waals surface area contributed by atoms with Crippen molar-refractivity contribution in [2.45, 2.75) is 20.4 Å². The molecule has 0 spiro atoms. The zero-order valence-electron chi connectivity index (χ0n) is 11.4. The molecular weight excluding hydrogens is 244 g/mol. The van der Waals surface area contributed by atoms with Crippen LogP contribution in [0.1, 0.15) is 19.4 Å². The summed E-state index contributed by atoms with van der Waals surface area (Å²) in [5.41, 5.74) is 1.01. The third kappa shape index (κ3) is 3.86. The minimum atomic E-state index is 0.0124. The van der Waals surface area contributed by atoms with Gasteiger partial charge in [0.1, 0.15) is 0 Å². The SMILES string of the molecule is CC(C)CNC(=O)CNCc1cccc2c1OCO2. The molecule has 0 aliphatic carbocycles. The maximum atomic E-state index is 11.5. The van der Waals surface area contributed by atoms with Crippen molar-refractivity contribution < 1.29 is 14.3 Å². The van der Waals surface area contributed by atoms with Crippen LogP contribution in [0.2, 0.25) is 0 Å². The molecule has 2 N–H and O–H groups in total. The summed E-state index contributed by atoms with van der Waals surface area (Å²) in [5.74, 6) is 2.02. The number of carbonyl (C=O) groups is 1. The summed E-state index contributed by atoms with van der Waals surface area (Å²) >= 11 is 0. The Bertz CT molecular complexity index is 446. The van der Waals surface area contributed by atoms with Crippen molar-refractivity contribution in [1.29, 1.82) is 0 Å². The van der Waals surface area contributed by atoms with E-state index in [9.17, 15) is 4.79 Å². The van der Waals surface area contributed by atoms with E-state index in [1.165, 1.54) is 0 Å². The van der Waals surface area contributed by atoms with Gasteiger partial charge in [0.2, 0.25) is 12.7 Å². The first-order chi connectivity index (χ1) is 9.16. The minimum absolute atomic E-state index is 0.0124. The lowest BCUT2D eigenvalue weighted by atomic mass is 10.2. The molecule has 0 saturated heterocycles. The van der Waals surface area contributed by atoms with Crippen molar-refractivity contribution in [3.8, 4) is 11.5 Å². The van der Waals surface area contributed by atoms with Crippen molar-refractivity contribution in [1.82, 2.24) is 10.6 Å². The number of rotatable bonds is 6. The second-order valence-corrected chi connectivity index (χ2v) is 4.95. The number of nitrogens with one attached hydrogen (secondary N) is 2. The number of carbonyl (C=O) groups excluding carboxylic acids is 1. The van der Waals surface area contributed by atoms with E-state index in [4.69, 9.17) is 9.47 Å². The van der Waals surface area contributed by atoms with E-state index in [0.29, 0.717) is 25.6 Å². The molecule has 1 aromatic carbocycles. The number of para-hydroxylation sites is 1. The molecule has 0 atom stereocenters. The number of ether oxygens (including phenoxy) is 2. The second kappa shape index (κ2) is 6.43. The Labute approximate surface area is 113 Å². The van der Waals surface area contributed by atoms with Crippen molar-refractivity contribution in [2.24, 2.45) is 5.92 Å². The van der Waals surface area contributed by atoms with Gasteiger partial charge in [-0.1, -0.05) is 26.0 Å². The molecular formula is C14H20N2O3. The second-order valence-electron chi connectivity index (χ2n) is 4.95. The Kier molecular flexibility index (Phi) is 4.63. The molecule has 1 aliphatic heterocycles. The fourth-order valence-corrected chi connectivity index (χ4v) is 1.82. The van der Waals surface area contributed by atoms with E-state index in [0.717, 1.165) is 17.1 Å². The average Bonchev–Trinajstić information content (AvgIpc) is 2.85. The summed E-state index contributed by atoms with van der Waals surface area (Å²) in [6, 6.07) is 5.76. The molecule has 0 aromatic heterocycles. The summed E-state index contributed by atoms with van der Waals surface area (Å²) in [4.78, 5) is 11.5. The van der Waals surface area contributed by atoms with Crippen LogP contribution in [0.15, 0.2) is 18.2 Å². The Balaban J connectivity index is 1.77.